The predicted octanol–water partition coefficient (Wildman–Crippen LogP) is 2.72. The van der Waals surface area contributed by atoms with Gasteiger partial charge in [0.2, 0.25) is 0 Å². The number of hydrogen-bond donors (Lipinski definition) is 2. The Hall–Kier alpha value is -1.25. The smallest absolute Gasteiger partial charge is 0.126 e. The molecule has 3 N–H and O–H groups in total. The Bertz CT molecular complexity index is 354. The van der Waals surface area contributed by atoms with Crippen molar-refractivity contribution in [1.29, 1.82) is 0 Å². The standard InChI is InChI=1S/C12H19N3/c1-9-10(13)5-6-11(14-9)15-12(2)7-3-4-8-12/h5-6H,3-4,7-8,13H2,1-2H3,(H,14,15). The van der Waals surface area contributed by atoms with E-state index in [0.29, 0.717) is 0 Å². The number of pyridine rings is 1. The Morgan fingerprint density at radius 2 is 2.00 bits per heavy atom. The summed E-state index contributed by atoms with van der Waals surface area (Å²) in [7, 11) is 0. The Balaban J connectivity index is 2.13. The van der Waals surface area contributed by atoms with Gasteiger partial charge in [0.1, 0.15) is 5.82 Å². The lowest BCUT2D eigenvalue weighted by Crippen LogP contribution is -2.31. The van der Waals surface area contributed by atoms with Crippen LogP contribution in [0.25, 0.3) is 0 Å². The molecule has 1 fully saturated rings. The van der Waals surface area contributed by atoms with Crippen molar-refractivity contribution in [2.45, 2.75) is 45.1 Å². The lowest BCUT2D eigenvalue weighted by atomic mass is 10.0. The molecule has 1 aromatic heterocycles. The average molecular weight is 205 g/mol. The minimum atomic E-state index is 0.232. The first kappa shape index (κ1) is 10.3. The molecular weight excluding hydrogens is 186 g/mol. The van der Waals surface area contributed by atoms with Crippen LogP contribution in [0.3, 0.4) is 0 Å². The molecule has 15 heavy (non-hydrogen) atoms. The van der Waals surface area contributed by atoms with Crippen LogP contribution in [0.2, 0.25) is 0 Å². The Morgan fingerprint density at radius 1 is 1.33 bits per heavy atom. The average Bonchev–Trinajstić information content (AvgIpc) is 2.59. The van der Waals surface area contributed by atoms with Crippen LogP contribution in [0.5, 0.6) is 0 Å². The van der Waals surface area contributed by atoms with Crippen LogP contribution in [0.1, 0.15) is 38.3 Å². The molecule has 0 aromatic carbocycles. The Morgan fingerprint density at radius 3 is 2.60 bits per heavy atom. The highest BCUT2D eigenvalue weighted by molar-refractivity contribution is 5.50. The third kappa shape index (κ3) is 2.22. The molecule has 0 spiro atoms. The minimum absolute atomic E-state index is 0.232. The highest BCUT2D eigenvalue weighted by atomic mass is 15.1. The zero-order valence-corrected chi connectivity index (χ0v) is 9.51. The molecule has 82 valence electrons. The van der Waals surface area contributed by atoms with Gasteiger partial charge in [0.15, 0.2) is 0 Å². The van der Waals surface area contributed by atoms with Gasteiger partial charge < -0.3 is 11.1 Å². The zero-order chi connectivity index (χ0) is 10.9. The number of rotatable bonds is 2. The van der Waals surface area contributed by atoms with Gasteiger partial charge in [0.05, 0.1) is 11.4 Å². The molecule has 1 heterocycles. The van der Waals surface area contributed by atoms with E-state index in [0.717, 1.165) is 17.2 Å². The summed E-state index contributed by atoms with van der Waals surface area (Å²) in [6.07, 6.45) is 5.10. The molecule has 0 radical (unpaired) electrons. The lowest BCUT2D eigenvalue weighted by molar-refractivity contribution is 0.531. The summed E-state index contributed by atoms with van der Waals surface area (Å²) in [6.45, 7) is 4.21. The van der Waals surface area contributed by atoms with Gasteiger partial charge in [-0.25, -0.2) is 4.98 Å². The molecule has 1 aliphatic rings. The summed E-state index contributed by atoms with van der Waals surface area (Å²) in [5.74, 6) is 0.950. The first-order valence-corrected chi connectivity index (χ1v) is 5.60. The Labute approximate surface area is 91.1 Å². The SMILES string of the molecule is Cc1nc(NC2(C)CCCC2)ccc1N. The Kier molecular flexibility index (Phi) is 2.55. The topological polar surface area (TPSA) is 50.9 Å². The third-order valence-corrected chi connectivity index (χ3v) is 3.26. The molecule has 1 saturated carbocycles. The highest BCUT2D eigenvalue weighted by Crippen LogP contribution is 2.32. The second-order valence-electron chi connectivity index (χ2n) is 4.76. The first-order chi connectivity index (χ1) is 7.09. The summed E-state index contributed by atoms with van der Waals surface area (Å²) in [4.78, 5) is 4.45. The maximum absolute atomic E-state index is 5.74. The van der Waals surface area contributed by atoms with Crippen LogP contribution in [-0.2, 0) is 0 Å². The molecule has 3 heteroatoms. The van der Waals surface area contributed by atoms with Crippen LogP contribution in [-0.4, -0.2) is 10.5 Å². The van der Waals surface area contributed by atoms with Crippen molar-refractivity contribution in [3.8, 4) is 0 Å². The van der Waals surface area contributed by atoms with Gasteiger partial charge >= 0.3 is 0 Å². The molecule has 0 bridgehead atoms. The summed E-state index contributed by atoms with van der Waals surface area (Å²) in [5.41, 5.74) is 7.64. The summed E-state index contributed by atoms with van der Waals surface area (Å²) < 4.78 is 0. The van der Waals surface area contributed by atoms with E-state index < -0.39 is 0 Å². The molecule has 0 atom stereocenters. The fraction of sp³-hybridized carbons (Fsp3) is 0.583. The van der Waals surface area contributed by atoms with Crippen LogP contribution < -0.4 is 11.1 Å². The number of aryl methyl sites for hydroxylation is 1. The quantitative estimate of drug-likeness (QED) is 0.780. The van der Waals surface area contributed by atoms with Crippen LogP contribution in [0.15, 0.2) is 12.1 Å². The monoisotopic (exact) mass is 205 g/mol. The van der Waals surface area contributed by atoms with Crippen molar-refractivity contribution >= 4 is 11.5 Å². The normalized spacial score (nSPS) is 19.1. The molecule has 0 amide bonds. The van der Waals surface area contributed by atoms with Gasteiger partial charge in [-0.2, -0.15) is 0 Å². The number of aromatic nitrogens is 1. The summed E-state index contributed by atoms with van der Waals surface area (Å²) >= 11 is 0. The molecule has 3 nitrogen and oxygen atoms in total. The predicted molar refractivity (Wildman–Crippen MR) is 63.9 cm³/mol. The number of nitrogen functional groups attached to an aromatic ring is 1. The molecule has 0 saturated heterocycles. The van der Waals surface area contributed by atoms with Crippen molar-refractivity contribution in [1.82, 2.24) is 4.98 Å². The number of anilines is 2. The molecule has 2 rings (SSSR count). The van der Waals surface area contributed by atoms with Gasteiger partial charge in [-0.15, -0.1) is 0 Å². The van der Waals surface area contributed by atoms with Gasteiger partial charge in [-0.05, 0) is 38.8 Å². The van der Waals surface area contributed by atoms with Crippen molar-refractivity contribution < 1.29 is 0 Å². The molecule has 1 aliphatic carbocycles. The fourth-order valence-electron chi connectivity index (χ4n) is 2.23. The van der Waals surface area contributed by atoms with E-state index in [1.165, 1.54) is 25.7 Å². The number of hydrogen-bond acceptors (Lipinski definition) is 3. The maximum Gasteiger partial charge on any atom is 0.126 e. The van der Waals surface area contributed by atoms with Gasteiger partial charge in [-0.3, -0.25) is 0 Å². The zero-order valence-electron chi connectivity index (χ0n) is 9.51. The second kappa shape index (κ2) is 3.72. The van der Waals surface area contributed by atoms with E-state index in [9.17, 15) is 0 Å². The number of nitrogens with two attached hydrogens (primary N) is 1. The van der Waals surface area contributed by atoms with Crippen LogP contribution in [0.4, 0.5) is 11.5 Å². The second-order valence-corrected chi connectivity index (χ2v) is 4.76. The van der Waals surface area contributed by atoms with Crippen molar-refractivity contribution in [2.24, 2.45) is 0 Å². The van der Waals surface area contributed by atoms with Crippen LogP contribution in [0, 0.1) is 6.92 Å². The maximum atomic E-state index is 5.74. The summed E-state index contributed by atoms with van der Waals surface area (Å²) in [5, 5.41) is 3.52. The molecule has 0 unspecified atom stereocenters. The van der Waals surface area contributed by atoms with Crippen molar-refractivity contribution in [3.63, 3.8) is 0 Å². The van der Waals surface area contributed by atoms with E-state index in [2.05, 4.69) is 17.2 Å². The van der Waals surface area contributed by atoms with Gasteiger partial charge in [-0.1, -0.05) is 12.8 Å². The number of nitrogens with zero attached hydrogens (tertiary/aromatic N) is 1. The molecule has 1 aromatic rings. The van der Waals surface area contributed by atoms with Crippen LogP contribution >= 0.6 is 0 Å². The lowest BCUT2D eigenvalue weighted by Gasteiger charge is -2.26. The van der Waals surface area contributed by atoms with E-state index in [1.807, 2.05) is 19.1 Å². The van der Waals surface area contributed by atoms with Crippen molar-refractivity contribution in [3.05, 3.63) is 17.8 Å². The molecular formula is C12H19N3. The first-order valence-electron chi connectivity index (χ1n) is 5.60. The van der Waals surface area contributed by atoms with Gasteiger partial charge in [0.25, 0.3) is 0 Å². The third-order valence-electron chi connectivity index (χ3n) is 3.26. The molecule has 0 aliphatic heterocycles. The van der Waals surface area contributed by atoms with E-state index in [4.69, 9.17) is 5.73 Å². The summed E-state index contributed by atoms with van der Waals surface area (Å²) in [6, 6.07) is 3.88. The largest absolute Gasteiger partial charge is 0.397 e. The van der Waals surface area contributed by atoms with Crippen molar-refractivity contribution in [2.75, 3.05) is 11.1 Å². The van der Waals surface area contributed by atoms with Gasteiger partial charge in [0, 0.05) is 5.54 Å². The minimum Gasteiger partial charge on any atom is -0.397 e. The highest BCUT2D eigenvalue weighted by Gasteiger charge is 2.28. The van der Waals surface area contributed by atoms with E-state index >= 15 is 0 Å². The van der Waals surface area contributed by atoms with E-state index in [-0.39, 0.29) is 5.54 Å². The number of nitrogens with one attached hydrogen (secondary N) is 1. The fourth-order valence-corrected chi connectivity index (χ4v) is 2.23. The van der Waals surface area contributed by atoms with E-state index in [1.54, 1.807) is 0 Å².